The first-order valence-electron chi connectivity index (χ1n) is 4.78. The van der Waals surface area contributed by atoms with Gasteiger partial charge >= 0.3 is 0 Å². The van der Waals surface area contributed by atoms with Crippen molar-refractivity contribution >= 4 is 19.7 Å². The predicted octanol–water partition coefficient (Wildman–Crippen LogP) is 1.53. The van der Waals surface area contributed by atoms with Crippen molar-refractivity contribution in [3.05, 3.63) is 29.8 Å². The Hall–Kier alpha value is -0.780. The van der Waals surface area contributed by atoms with Crippen LogP contribution in [0.15, 0.2) is 24.3 Å². The Labute approximate surface area is 98.5 Å². The average molecular weight is 263 g/mol. The lowest BCUT2D eigenvalue weighted by Crippen LogP contribution is -2.38. The molecule has 0 bridgehead atoms. The van der Waals surface area contributed by atoms with Gasteiger partial charge < -0.3 is 9.47 Å². The van der Waals surface area contributed by atoms with Crippen molar-refractivity contribution in [3.8, 4) is 5.75 Å². The summed E-state index contributed by atoms with van der Waals surface area (Å²) < 4.78 is 32.2. The Morgan fingerprint density at radius 2 is 1.94 bits per heavy atom. The zero-order valence-corrected chi connectivity index (χ0v) is 10.00. The van der Waals surface area contributed by atoms with Gasteiger partial charge in [0.15, 0.2) is 0 Å². The molecule has 0 radical (unpaired) electrons. The highest BCUT2D eigenvalue weighted by molar-refractivity contribution is 8.13. The van der Waals surface area contributed by atoms with Gasteiger partial charge in [-0.25, -0.2) is 8.42 Å². The van der Waals surface area contributed by atoms with Gasteiger partial charge in [0, 0.05) is 10.7 Å². The summed E-state index contributed by atoms with van der Waals surface area (Å²) in [6.07, 6.45) is 0.114. The molecular weight excluding hydrogens is 252 g/mol. The largest absolute Gasteiger partial charge is 0.486 e. The third-order valence-electron chi connectivity index (χ3n) is 2.17. The first-order chi connectivity index (χ1) is 7.53. The molecule has 1 aliphatic heterocycles. The molecule has 1 aromatic rings. The molecule has 0 saturated carbocycles. The smallest absolute Gasteiger partial charge is 0.236 e. The first kappa shape index (κ1) is 11.7. The average Bonchev–Trinajstić information content (AvgIpc) is 2.11. The summed E-state index contributed by atoms with van der Waals surface area (Å²) in [7, 11) is 1.65. The minimum Gasteiger partial charge on any atom is -0.486 e. The van der Waals surface area contributed by atoms with Crippen LogP contribution in [0.25, 0.3) is 0 Å². The fourth-order valence-electron chi connectivity index (χ4n) is 1.34. The minimum absolute atomic E-state index is 0.114. The van der Waals surface area contributed by atoms with Crippen LogP contribution < -0.4 is 4.74 Å². The van der Waals surface area contributed by atoms with Crippen molar-refractivity contribution in [1.82, 2.24) is 0 Å². The van der Waals surface area contributed by atoms with E-state index in [1.54, 1.807) is 24.3 Å². The van der Waals surface area contributed by atoms with Crippen LogP contribution in [0.3, 0.4) is 0 Å². The lowest BCUT2D eigenvalue weighted by molar-refractivity contribution is -0.0796. The van der Waals surface area contributed by atoms with E-state index < -0.39 is 9.05 Å². The first-order valence-corrected chi connectivity index (χ1v) is 7.26. The van der Waals surface area contributed by atoms with Crippen LogP contribution in [0.5, 0.6) is 5.75 Å². The maximum absolute atomic E-state index is 10.8. The molecule has 0 atom stereocenters. The van der Waals surface area contributed by atoms with E-state index in [2.05, 4.69) is 0 Å². The zero-order valence-electron chi connectivity index (χ0n) is 8.43. The van der Waals surface area contributed by atoms with Crippen molar-refractivity contribution in [2.75, 3.05) is 13.2 Å². The molecule has 1 aromatic carbocycles. The van der Waals surface area contributed by atoms with Crippen molar-refractivity contribution in [1.29, 1.82) is 0 Å². The summed E-state index contributed by atoms with van der Waals surface area (Å²) in [5.41, 5.74) is 0.646. The Morgan fingerprint density at radius 3 is 2.38 bits per heavy atom. The number of hydrogen-bond donors (Lipinski definition) is 0. The van der Waals surface area contributed by atoms with Crippen LogP contribution in [-0.2, 0) is 19.5 Å². The van der Waals surface area contributed by atoms with Crippen LogP contribution in [0.1, 0.15) is 5.56 Å². The summed E-state index contributed by atoms with van der Waals surface area (Å²) in [6, 6.07) is 6.84. The Kier molecular flexibility index (Phi) is 3.37. The van der Waals surface area contributed by atoms with Crippen LogP contribution in [0.4, 0.5) is 0 Å². The predicted molar refractivity (Wildman–Crippen MR) is 60.2 cm³/mol. The van der Waals surface area contributed by atoms with E-state index in [0.717, 1.165) is 0 Å². The molecule has 0 spiro atoms. The Balaban J connectivity index is 1.98. The molecule has 1 saturated heterocycles. The molecule has 0 aliphatic carbocycles. The summed E-state index contributed by atoms with van der Waals surface area (Å²) in [5, 5.41) is 0. The van der Waals surface area contributed by atoms with E-state index >= 15 is 0 Å². The molecule has 6 heteroatoms. The highest BCUT2D eigenvalue weighted by Gasteiger charge is 2.19. The fourth-order valence-corrected chi connectivity index (χ4v) is 2.31. The molecule has 1 fully saturated rings. The lowest BCUT2D eigenvalue weighted by atomic mass is 10.2. The van der Waals surface area contributed by atoms with Crippen LogP contribution in [-0.4, -0.2) is 27.7 Å². The van der Waals surface area contributed by atoms with Crippen molar-refractivity contribution in [2.45, 2.75) is 11.9 Å². The third-order valence-corrected chi connectivity index (χ3v) is 3.18. The molecule has 0 N–H and O–H groups in total. The van der Waals surface area contributed by atoms with Gasteiger partial charge in [-0.2, -0.15) is 0 Å². The molecule has 88 valence electrons. The molecule has 1 heterocycles. The fraction of sp³-hybridized carbons (Fsp3) is 0.400. The number of rotatable bonds is 4. The number of benzene rings is 1. The van der Waals surface area contributed by atoms with Crippen LogP contribution in [0, 0.1) is 0 Å². The Morgan fingerprint density at radius 1 is 1.31 bits per heavy atom. The molecular formula is C10H11ClO4S. The van der Waals surface area contributed by atoms with Gasteiger partial charge in [-0.15, -0.1) is 0 Å². The van der Waals surface area contributed by atoms with Crippen molar-refractivity contribution in [3.63, 3.8) is 0 Å². The van der Waals surface area contributed by atoms with Crippen LogP contribution in [0.2, 0.25) is 0 Å². The van der Waals surface area contributed by atoms with Gasteiger partial charge in [-0.1, -0.05) is 12.1 Å². The second kappa shape index (κ2) is 4.61. The second-order valence-electron chi connectivity index (χ2n) is 3.60. The maximum atomic E-state index is 10.8. The molecule has 0 amide bonds. The molecule has 2 rings (SSSR count). The molecule has 0 aromatic heterocycles. The maximum Gasteiger partial charge on any atom is 0.236 e. The molecule has 16 heavy (non-hydrogen) atoms. The third kappa shape index (κ3) is 3.37. The molecule has 0 unspecified atom stereocenters. The van der Waals surface area contributed by atoms with E-state index in [4.69, 9.17) is 20.2 Å². The van der Waals surface area contributed by atoms with E-state index in [-0.39, 0.29) is 11.9 Å². The number of ether oxygens (including phenoxy) is 2. The number of hydrogen-bond acceptors (Lipinski definition) is 4. The van der Waals surface area contributed by atoms with E-state index in [1.807, 2.05) is 0 Å². The van der Waals surface area contributed by atoms with Gasteiger partial charge in [0.2, 0.25) is 9.05 Å². The van der Waals surface area contributed by atoms with E-state index in [1.165, 1.54) is 0 Å². The normalized spacial score (nSPS) is 16.8. The minimum atomic E-state index is -3.50. The van der Waals surface area contributed by atoms with Gasteiger partial charge in [0.25, 0.3) is 0 Å². The van der Waals surface area contributed by atoms with Crippen LogP contribution >= 0.6 is 10.7 Å². The van der Waals surface area contributed by atoms with Gasteiger partial charge in [-0.05, 0) is 17.7 Å². The van der Waals surface area contributed by atoms with E-state index in [9.17, 15) is 8.42 Å². The summed E-state index contributed by atoms with van der Waals surface area (Å²) >= 11 is 0. The standard InChI is InChI=1S/C10H11ClO4S/c11-16(12,13)7-8-1-3-9(4-2-8)15-10-5-14-6-10/h1-4,10H,5-7H2. The van der Waals surface area contributed by atoms with Gasteiger partial charge in [0.1, 0.15) is 11.9 Å². The summed E-state index contributed by atoms with van der Waals surface area (Å²) in [4.78, 5) is 0. The highest BCUT2D eigenvalue weighted by atomic mass is 35.7. The van der Waals surface area contributed by atoms with Gasteiger partial charge in [0.05, 0.1) is 19.0 Å². The monoisotopic (exact) mass is 262 g/mol. The lowest BCUT2D eigenvalue weighted by Gasteiger charge is -2.26. The van der Waals surface area contributed by atoms with Crippen molar-refractivity contribution in [2.24, 2.45) is 0 Å². The number of halogens is 1. The summed E-state index contributed by atoms with van der Waals surface area (Å²) in [5.74, 6) is 0.547. The topological polar surface area (TPSA) is 52.6 Å². The second-order valence-corrected chi connectivity index (χ2v) is 6.38. The molecule has 4 nitrogen and oxygen atoms in total. The van der Waals surface area contributed by atoms with E-state index in [0.29, 0.717) is 24.5 Å². The SMILES string of the molecule is O=S(=O)(Cl)Cc1ccc(OC2COC2)cc1. The van der Waals surface area contributed by atoms with Crippen molar-refractivity contribution < 1.29 is 17.9 Å². The quantitative estimate of drug-likeness (QED) is 0.773. The highest BCUT2D eigenvalue weighted by Crippen LogP contribution is 2.18. The molecule has 1 aliphatic rings. The summed E-state index contributed by atoms with van der Waals surface area (Å²) in [6.45, 7) is 1.22. The zero-order chi connectivity index (χ0) is 11.6. The van der Waals surface area contributed by atoms with Gasteiger partial charge in [-0.3, -0.25) is 0 Å². The Bertz CT molecular complexity index is 450.